The Morgan fingerprint density at radius 3 is 2.76 bits per heavy atom. The number of hydrogen-bond donors (Lipinski definition) is 1. The van der Waals surface area contributed by atoms with Gasteiger partial charge >= 0.3 is 0 Å². The lowest BCUT2D eigenvalue weighted by Gasteiger charge is -2.23. The summed E-state index contributed by atoms with van der Waals surface area (Å²) in [5.74, 6) is 1.85. The Labute approximate surface area is 125 Å². The van der Waals surface area contributed by atoms with E-state index in [1.54, 1.807) is 0 Å². The largest absolute Gasteiger partial charge is 0.459 e. The summed E-state index contributed by atoms with van der Waals surface area (Å²) in [7, 11) is 0. The summed E-state index contributed by atoms with van der Waals surface area (Å²) in [5.41, 5.74) is 2.24. The van der Waals surface area contributed by atoms with Crippen molar-refractivity contribution < 1.29 is 9.15 Å². The Morgan fingerprint density at radius 2 is 2.00 bits per heavy atom. The molecule has 112 valence electrons. The molecule has 3 unspecified atom stereocenters. The lowest BCUT2D eigenvalue weighted by molar-refractivity contribution is 0.0787. The maximum Gasteiger partial charge on any atom is 0.134 e. The first-order valence-corrected chi connectivity index (χ1v) is 8.09. The Morgan fingerprint density at radius 1 is 1.19 bits per heavy atom. The highest BCUT2D eigenvalue weighted by molar-refractivity contribution is 5.82. The van der Waals surface area contributed by atoms with E-state index in [1.165, 1.54) is 23.8 Å². The number of fused-ring (bicyclic) bond motifs is 1. The van der Waals surface area contributed by atoms with Crippen LogP contribution in [0.25, 0.3) is 11.0 Å². The molecule has 0 amide bonds. The number of benzene rings is 1. The number of hydrogen-bond acceptors (Lipinski definition) is 3. The van der Waals surface area contributed by atoms with Crippen molar-refractivity contribution in [1.82, 2.24) is 5.32 Å². The fourth-order valence-corrected chi connectivity index (χ4v) is 3.68. The van der Waals surface area contributed by atoms with E-state index in [-0.39, 0.29) is 6.04 Å². The molecular formula is C18H23NO2. The van der Waals surface area contributed by atoms with Gasteiger partial charge in [-0.1, -0.05) is 18.2 Å². The average molecular weight is 285 g/mol. The summed E-state index contributed by atoms with van der Waals surface area (Å²) in [5, 5.41) is 4.97. The van der Waals surface area contributed by atoms with Gasteiger partial charge in [-0.05, 0) is 50.7 Å². The van der Waals surface area contributed by atoms with E-state index in [0.717, 1.165) is 30.3 Å². The second-order valence-electron chi connectivity index (χ2n) is 6.54. The van der Waals surface area contributed by atoms with Crippen molar-refractivity contribution in [2.75, 3.05) is 6.61 Å². The van der Waals surface area contributed by atoms with Gasteiger partial charge in [-0.2, -0.15) is 0 Å². The maximum atomic E-state index is 6.08. The third kappa shape index (κ3) is 2.39. The van der Waals surface area contributed by atoms with Crippen LogP contribution in [0.5, 0.6) is 0 Å². The predicted molar refractivity (Wildman–Crippen MR) is 83.4 cm³/mol. The molecule has 1 aromatic heterocycles. The van der Waals surface area contributed by atoms with Gasteiger partial charge in [0.05, 0.1) is 12.1 Å². The summed E-state index contributed by atoms with van der Waals surface area (Å²) < 4.78 is 12.0. The molecule has 2 aromatic rings. The summed E-state index contributed by atoms with van der Waals surface area (Å²) in [6.07, 6.45) is 4.20. The molecule has 1 saturated heterocycles. The average Bonchev–Trinajstić information content (AvgIpc) is 3.15. The molecule has 1 aromatic carbocycles. The highest BCUT2D eigenvalue weighted by Gasteiger charge is 2.41. The molecule has 0 radical (unpaired) electrons. The minimum atomic E-state index is 0.227. The normalized spacial score (nSPS) is 27.3. The SMILES string of the molecule is Cc1c(C(C)NC2CCOC2C2CC2)oc2ccccc12. The van der Waals surface area contributed by atoms with Crippen molar-refractivity contribution in [3.8, 4) is 0 Å². The van der Waals surface area contributed by atoms with Gasteiger partial charge in [0, 0.05) is 18.0 Å². The van der Waals surface area contributed by atoms with Gasteiger partial charge in [0.25, 0.3) is 0 Å². The second-order valence-corrected chi connectivity index (χ2v) is 6.54. The first kappa shape index (κ1) is 13.4. The van der Waals surface area contributed by atoms with Crippen LogP contribution >= 0.6 is 0 Å². The van der Waals surface area contributed by atoms with Crippen LogP contribution in [-0.2, 0) is 4.74 Å². The fraction of sp³-hybridized carbons (Fsp3) is 0.556. The summed E-state index contributed by atoms with van der Waals surface area (Å²) in [6, 6.07) is 8.98. The molecular weight excluding hydrogens is 262 g/mol. The van der Waals surface area contributed by atoms with Crippen LogP contribution in [0.2, 0.25) is 0 Å². The van der Waals surface area contributed by atoms with Crippen LogP contribution in [0, 0.1) is 12.8 Å². The predicted octanol–water partition coefficient (Wildman–Crippen LogP) is 3.96. The minimum Gasteiger partial charge on any atom is -0.459 e. The lowest BCUT2D eigenvalue weighted by atomic mass is 10.0. The van der Waals surface area contributed by atoms with E-state index in [9.17, 15) is 0 Å². The molecule has 0 bridgehead atoms. The monoisotopic (exact) mass is 285 g/mol. The van der Waals surface area contributed by atoms with Gasteiger partial charge in [0.15, 0.2) is 0 Å². The number of nitrogens with one attached hydrogen (secondary N) is 1. The number of aryl methyl sites for hydroxylation is 1. The van der Waals surface area contributed by atoms with Crippen molar-refractivity contribution in [2.45, 2.75) is 51.3 Å². The van der Waals surface area contributed by atoms with Gasteiger partial charge in [0.2, 0.25) is 0 Å². The zero-order valence-corrected chi connectivity index (χ0v) is 12.8. The summed E-state index contributed by atoms with van der Waals surface area (Å²) in [4.78, 5) is 0. The molecule has 1 aliphatic heterocycles. The molecule has 3 heteroatoms. The molecule has 2 fully saturated rings. The Balaban J connectivity index is 1.55. The van der Waals surface area contributed by atoms with Crippen molar-refractivity contribution in [2.24, 2.45) is 5.92 Å². The van der Waals surface area contributed by atoms with Crippen LogP contribution in [-0.4, -0.2) is 18.8 Å². The maximum absolute atomic E-state index is 6.08. The van der Waals surface area contributed by atoms with Crippen LogP contribution < -0.4 is 5.32 Å². The topological polar surface area (TPSA) is 34.4 Å². The van der Waals surface area contributed by atoms with Crippen LogP contribution in [0.3, 0.4) is 0 Å². The molecule has 1 saturated carbocycles. The van der Waals surface area contributed by atoms with E-state index in [2.05, 4.69) is 31.3 Å². The van der Waals surface area contributed by atoms with Crippen LogP contribution in [0.1, 0.15) is 43.6 Å². The smallest absolute Gasteiger partial charge is 0.134 e. The van der Waals surface area contributed by atoms with Crippen molar-refractivity contribution in [3.63, 3.8) is 0 Å². The van der Waals surface area contributed by atoms with Crippen molar-refractivity contribution in [1.29, 1.82) is 0 Å². The standard InChI is InChI=1S/C18H23NO2/c1-11-14-5-3-4-6-16(14)21-17(11)12(2)19-15-9-10-20-18(15)13-7-8-13/h3-6,12-13,15,18-19H,7-10H2,1-2H3. The molecule has 2 aliphatic rings. The van der Waals surface area contributed by atoms with Gasteiger partial charge in [-0.15, -0.1) is 0 Å². The fourth-order valence-electron chi connectivity index (χ4n) is 3.68. The Kier molecular flexibility index (Phi) is 3.27. The van der Waals surface area contributed by atoms with Crippen LogP contribution in [0.4, 0.5) is 0 Å². The molecule has 1 N–H and O–H groups in total. The Hall–Kier alpha value is -1.32. The zero-order valence-electron chi connectivity index (χ0n) is 12.8. The van der Waals surface area contributed by atoms with Gasteiger partial charge in [0.1, 0.15) is 11.3 Å². The van der Waals surface area contributed by atoms with E-state index >= 15 is 0 Å². The zero-order chi connectivity index (χ0) is 14.4. The lowest BCUT2D eigenvalue weighted by Crippen LogP contribution is -2.39. The minimum absolute atomic E-state index is 0.227. The third-order valence-corrected chi connectivity index (χ3v) is 4.96. The molecule has 21 heavy (non-hydrogen) atoms. The molecule has 2 heterocycles. The van der Waals surface area contributed by atoms with E-state index in [0.29, 0.717) is 12.1 Å². The first-order valence-electron chi connectivity index (χ1n) is 8.09. The van der Waals surface area contributed by atoms with Crippen LogP contribution in [0.15, 0.2) is 28.7 Å². The van der Waals surface area contributed by atoms with Crippen molar-refractivity contribution >= 4 is 11.0 Å². The quantitative estimate of drug-likeness (QED) is 0.923. The van der Waals surface area contributed by atoms with Gasteiger partial charge in [-0.25, -0.2) is 0 Å². The van der Waals surface area contributed by atoms with Crippen molar-refractivity contribution in [3.05, 3.63) is 35.6 Å². The van der Waals surface area contributed by atoms with Gasteiger partial charge < -0.3 is 14.5 Å². The number of para-hydroxylation sites is 1. The third-order valence-electron chi connectivity index (χ3n) is 4.96. The number of rotatable bonds is 4. The van der Waals surface area contributed by atoms with Gasteiger partial charge in [-0.3, -0.25) is 0 Å². The number of ether oxygens (including phenoxy) is 1. The van der Waals surface area contributed by atoms with E-state index in [4.69, 9.17) is 9.15 Å². The van der Waals surface area contributed by atoms with E-state index in [1.807, 2.05) is 12.1 Å². The molecule has 4 rings (SSSR count). The molecule has 1 aliphatic carbocycles. The summed E-state index contributed by atoms with van der Waals surface area (Å²) >= 11 is 0. The second kappa shape index (κ2) is 5.15. The molecule has 0 spiro atoms. The number of furan rings is 1. The molecule has 3 nitrogen and oxygen atoms in total. The van der Waals surface area contributed by atoms with E-state index < -0.39 is 0 Å². The molecule has 3 atom stereocenters. The Bertz CT molecular complexity index is 644. The highest BCUT2D eigenvalue weighted by Crippen LogP contribution is 2.39. The first-order chi connectivity index (χ1) is 10.2. The summed E-state index contributed by atoms with van der Waals surface area (Å²) in [6.45, 7) is 5.25. The highest BCUT2D eigenvalue weighted by atomic mass is 16.5.